The Morgan fingerprint density at radius 1 is 1.03 bits per heavy atom. The molecule has 0 bridgehead atoms. The van der Waals surface area contributed by atoms with Gasteiger partial charge in [0.25, 0.3) is 0 Å². The zero-order chi connectivity index (χ0) is 22.5. The van der Waals surface area contributed by atoms with Crippen LogP contribution in [0, 0.1) is 0 Å². The van der Waals surface area contributed by atoms with Gasteiger partial charge in [0.1, 0.15) is 5.75 Å². The van der Waals surface area contributed by atoms with Crippen molar-refractivity contribution in [2.24, 2.45) is 0 Å². The van der Waals surface area contributed by atoms with Crippen molar-refractivity contribution in [1.29, 1.82) is 0 Å². The molecule has 32 heavy (non-hydrogen) atoms. The number of benzene rings is 3. The highest BCUT2D eigenvalue weighted by atomic mass is 16.5. The number of carbonyl (C=O) groups is 2. The van der Waals surface area contributed by atoms with Crippen LogP contribution in [0.25, 0.3) is 0 Å². The zero-order valence-electron chi connectivity index (χ0n) is 18.3. The molecule has 1 unspecified atom stereocenters. The molecule has 3 amide bonds. The summed E-state index contributed by atoms with van der Waals surface area (Å²) >= 11 is 0. The number of nitrogens with zero attached hydrogens (tertiary/aromatic N) is 2. The Morgan fingerprint density at radius 2 is 1.78 bits per heavy atom. The third-order valence-corrected chi connectivity index (χ3v) is 5.74. The molecule has 3 aromatic carbocycles. The summed E-state index contributed by atoms with van der Waals surface area (Å²) in [5.74, 6) is 0.619. The molecule has 1 atom stereocenters. The molecule has 4 rings (SSSR count). The molecule has 1 N–H and O–H groups in total. The van der Waals surface area contributed by atoms with Gasteiger partial charge >= 0.3 is 6.03 Å². The second kappa shape index (κ2) is 9.56. The third-order valence-electron chi connectivity index (χ3n) is 5.74. The number of aryl methyl sites for hydroxylation is 1. The number of amides is 3. The van der Waals surface area contributed by atoms with E-state index in [1.807, 2.05) is 66.7 Å². The molecule has 1 heterocycles. The van der Waals surface area contributed by atoms with E-state index in [0.29, 0.717) is 18.0 Å². The number of urea groups is 1. The monoisotopic (exact) mass is 429 g/mol. The Hall–Kier alpha value is -3.80. The summed E-state index contributed by atoms with van der Waals surface area (Å²) in [6.07, 6.45) is 1.61. The molecule has 1 aliphatic rings. The molecule has 0 saturated carbocycles. The van der Waals surface area contributed by atoms with Crippen LogP contribution >= 0.6 is 0 Å². The lowest BCUT2D eigenvalue weighted by Gasteiger charge is -2.39. The molecule has 3 aromatic rings. The van der Waals surface area contributed by atoms with Crippen molar-refractivity contribution < 1.29 is 14.3 Å². The van der Waals surface area contributed by atoms with E-state index >= 15 is 0 Å². The van der Waals surface area contributed by atoms with Gasteiger partial charge in [-0.3, -0.25) is 9.69 Å². The Bertz CT molecular complexity index is 1100. The van der Waals surface area contributed by atoms with E-state index < -0.39 is 0 Å². The normalized spacial score (nSPS) is 14.9. The topological polar surface area (TPSA) is 61.9 Å². The van der Waals surface area contributed by atoms with Gasteiger partial charge in [0, 0.05) is 36.6 Å². The molecular weight excluding hydrogens is 402 g/mol. The molecule has 0 saturated heterocycles. The van der Waals surface area contributed by atoms with Crippen LogP contribution in [0.3, 0.4) is 0 Å². The maximum atomic E-state index is 13.5. The van der Waals surface area contributed by atoms with Gasteiger partial charge in [0.2, 0.25) is 5.91 Å². The van der Waals surface area contributed by atoms with Crippen LogP contribution in [-0.4, -0.2) is 31.6 Å². The standard InChI is InChI=1S/C26H27N3O3/c1-19(30)28(22-11-4-3-5-12-22)18-23-16-15-20-9-6-7-14-25(20)29(23)26(31)27-21-10-8-13-24(17-21)32-2/h3-14,17,23H,15-16,18H2,1-2H3,(H,27,31). The minimum atomic E-state index is -0.230. The Balaban J connectivity index is 1.65. The number of anilines is 3. The fourth-order valence-electron chi connectivity index (χ4n) is 4.17. The molecule has 1 aliphatic heterocycles. The first-order valence-corrected chi connectivity index (χ1v) is 10.7. The van der Waals surface area contributed by atoms with Gasteiger partial charge in [0.05, 0.1) is 13.2 Å². The number of rotatable bonds is 5. The van der Waals surface area contributed by atoms with Crippen molar-refractivity contribution in [2.75, 3.05) is 28.8 Å². The Morgan fingerprint density at radius 3 is 2.53 bits per heavy atom. The summed E-state index contributed by atoms with van der Waals surface area (Å²) in [5, 5.41) is 3.00. The number of carbonyl (C=O) groups excluding carboxylic acids is 2. The van der Waals surface area contributed by atoms with Crippen LogP contribution in [0.4, 0.5) is 21.9 Å². The summed E-state index contributed by atoms with van der Waals surface area (Å²) in [6, 6.07) is 24.4. The predicted molar refractivity (Wildman–Crippen MR) is 128 cm³/mol. The minimum absolute atomic E-state index is 0.0526. The zero-order valence-corrected chi connectivity index (χ0v) is 18.3. The molecule has 0 radical (unpaired) electrons. The smallest absolute Gasteiger partial charge is 0.326 e. The lowest BCUT2D eigenvalue weighted by Crippen LogP contribution is -2.52. The molecule has 164 valence electrons. The molecular formula is C26H27N3O3. The third kappa shape index (κ3) is 4.59. The first kappa shape index (κ1) is 21.4. The summed E-state index contributed by atoms with van der Waals surface area (Å²) in [6.45, 7) is 1.98. The van der Waals surface area contributed by atoms with Crippen LogP contribution in [-0.2, 0) is 11.2 Å². The van der Waals surface area contributed by atoms with Gasteiger partial charge < -0.3 is 15.0 Å². The van der Waals surface area contributed by atoms with Crippen molar-refractivity contribution in [2.45, 2.75) is 25.8 Å². The summed E-state index contributed by atoms with van der Waals surface area (Å²) < 4.78 is 5.28. The SMILES string of the molecule is COc1cccc(NC(=O)N2c3ccccc3CCC2CN(C(C)=O)c2ccccc2)c1. The van der Waals surface area contributed by atoms with Crippen LogP contribution in [0.5, 0.6) is 5.75 Å². The van der Waals surface area contributed by atoms with Crippen LogP contribution in [0.15, 0.2) is 78.9 Å². The van der Waals surface area contributed by atoms with Crippen LogP contribution < -0.4 is 19.9 Å². The number of methoxy groups -OCH3 is 1. The van der Waals surface area contributed by atoms with Gasteiger partial charge in [-0.2, -0.15) is 0 Å². The first-order valence-electron chi connectivity index (χ1n) is 10.7. The number of nitrogens with one attached hydrogen (secondary N) is 1. The average Bonchev–Trinajstić information content (AvgIpc) is 2.82. The van der Waals surface area contributed by atoms with Gasteiger partial charge in [-0.05, 0) is 48.7 Å². The molecule has 0 fully saturated rings. The minimum Gasteiger partial charge on any atom is -0.497 e. The Labute approximate surface area is 188 Å². The second-order valence-electron chi connectivity index (χ2n) is 7.82. The lowest BCUT2D eigenvalue weighted by molar-refractivity contribution is -0.116. The van der Waals surface area contributed by atoms with Crippen molar-refractivity contribution in [3.63, 3.8) is 0 Å². The maximum absolute atomic E-state index is 13.5. The van der Waals surface area contributed by atoms with Crippen molar-refractivity contribution in [3.8, 4) is 5.75 Å². The van der Waals surface area contributed by atoms with Crippen LogP contribution in [0.1, 0.15) is 18.9 Å². The average molecular weight is 430 g/mol. The van der Waals surface area contributed by atoms with Gasteiger partial charge in [0.15, 0.2) is 0 Å². The Kier molecular flexibility index (Phi) is 6.40. The number of hydrogen-bond acceptors (Lipinski definition) is 3. The maximum Gasteiger partial charge on any atom is 0.326 e. The number of hydrogen-bond donors (Lipinski definition) is 1. The highest BCUT2D eigenvalue weighted by Gasteiger charge is 2.33. The van der Waals surface area contributed by atoms with Crippen LogP contribution in [0.2, 0.25) is 0 Å². The van der Waals surface area contributed by atoms with Gasteiger partial charge in [-0.15, -0.1) is 0 Å². The summed E-state index contributed by atoms with van der Waals surface area (Å²) in [5.41, 5.74) is 3.48. The van der Waals surface area contributed by atoms with E-state index in [1.54, 1.807) is 29.9 Å². The number of fused-ring (bicyclic) bond motifs is 1. The summed E-state index contributed by atoms with van der Waals surface area (Å²) in [7, 11) is 1.60. The fraction of sp³-hybridized carbons (Fsp3) is 0.231. The van der Waals surface area contributed by atoms with E-state index in [2.05, 4.69) is 11.4 Å². The van der Waals surface area contributed by atoms with E-state index in [4.69, 9.17) is 4.74 Å². The predicted octanol–water partition coefficient (Wildman–Crippen LogP) is 5.10. The summed E-state index contributed by atoms with van der Waals surface area (Å²) in [4.78, 5) is 29.5. The highest BCUT2D eigenvalue weighted by molar-refractivity contribution is 6.03. The van der Waals surface area contributed by atoms with E-state index in [1.165, 1.54) is 0 Å². The lowest BCUT2D eigenvalue weighted by atomic mass is 9.95. The molecule has 0 aliphatic carbocycles. The molecule has 6 heteroatoms. The van der Waals surface area contributed by atoms with Crippen molar-refractivity contribution >= 4 is 29.0 Å². The highest BCUT2D eigenvalue weighted by Crippen LogP contribution is 2.32. The van der Waals surface area contributed by atoms with E-state index in [-0.39, 0.29) is 18.0 Å². The molecule has 6 nitrogen and oxygen atoms in total. The molecule has 0 aromatic heterocycles. The van der Waals surface area contributed by atoms with Crippen molar-refractivity contribution in [3.05, 3.63) is 84.4 Å². The van der Waals surface area contributed by atoms with Gasteiger partial charge in [-0.25, -0.2) is 4.79 Å². The molecule has 0 spiro atoms. The van der Waals surface area contributed by atoms with E-state index in [0.717, 1.165) is 29.8 Å². The van der Waals surface area contributed by atoms with Gasteiger partial charge in [-0.1, -0.05) is 42.5 Å². The number of ether oxygens (including phenoxy) is 1. The number of para-hydroxylation sites is 2. The van der Waals surface area contributed by atoms with Crippen molar-refractivity contribution in [1.82, 2.24) is 0 Å². The first-order chi connectivity index (χ1) is 15.6. The fourth-order valence-corrected chi connectivity index (χ4v) is 4.17. The second-order valence-corrected chi connectivity index (χ2v) is 7.82. The quantitative estimate of drug-likeness (QED) is 0.614. The largest absolute Gasteiger partial charge is 0.497 e. The van der Waals surface area contributed by atoms with E-state index in [9.17, 15) is 9.59 Å².